The van der Waals surface area contributed by atoms with Gasteiger partial charge in [0.05, 0.1) is 12.5 Å². The number of rotatable bonds is 3. The minimum absolute atomic E-state index is 0.203. The highest BCUT2D eigenvalue weighted by atomic mass is 16.5. The van der Waals surface area contributed by atoms with Gasteiger partial charge in [0.2, 0.25) is 5.91 Å². The van der Waals surface area contributed by atoms with Gasteiger partial charge in [0.15, 0.2) is 5.90 Å². The molecule has 2 aliphatic rings. The lowest BCUT2D eigenvalue weighted by Gasteiger charge is -2.23. The Balaban J connectivity index is 2.00. The summed E-state index contributed by atoms with van der Waals surface area (Å²) in [7, 11) is 0. The Hall–Kier alpha value is -1.06. The first-order chi connectivity index (χ1) is 7.22. The molecule has 0 aromatic carbocycles. The number of carbonyl (C=O) groups is 1. The van der Waals surface area contributed by atoms with Gasteiger partial charge in [-0.2, -0.15) is 0 Å². The first-order valence-electron chi connectivity index (χ1n) is 5.69. The van der Waals surface area contributed by atoms with Crippen molar-refractivity contribution in [2.45, 2.75) is 32.7 Å². The van der Waals surface area contributed by atoms with Gasteiger partial charge in [0.25, 0.3) is 0 Å². The number of ether oxygens (including phenoxy) is 1. The van der Waals surface area contributed by atoms with Crippen LogP contribution in [0, 0.1) is 5.92 Å². The quantitative estimate of drug-likeness (QED) is 0.699. The molecule has 0 radical (unpaired) electrons. The van der Waals surface area contributed by atoms with Gasteiger partial charge in [-0.3, -0.25) is 9.79 Å². The van der Waals surface area contributed by atoms with Crippen LogP contribution in [0.15, 0.2) is 4.99 Å². The second-order valence-electron chi connectivity index (χ2n) is 4.27. The van der Waals surface area contributed by atoms with Gasteiger partial charge < -0.3 is 9.64 Å². The molecule has 0 bridgehead atoms. The maximum Gasteiger partial charge on any atom is 0.223 e. The molecule has 0 N–H and O–H groups in total. The van der Waals surface area contributed by atoms with Crippen LogP contribution in [0.25, 0.3) is 0 Å². The summed E-state index contributed by atoms with van der Waals surface area (Å²) >= 11 is 0. The zero-order valence-electron chi connectivity index (χ0n) is 9.40. The van der Waals surface area contributed by atoms with E-state index < -0.39 is 0 Å². The monoisotopic (exact) mass is 210 g/mol. The molecule has 84 valence electrons. The van der Waals surface area contributed by atoms with E-state index in [1.54, 1.807) is 0 Å². The van der Waals surface area contributed by atoms with Gasteiger partial charge in [-0.15, -0.1) is 0 Å². The van der Waals surface area contributed by atoms with Crippen molar-refractivity contribution >= 4 is 11.8 Å². The van der Waals surface area contributed by atoms with E-state index in [0.717, 1.165) is 25.4 Å². The summed E-state index contributed by atoms with van der Waals surface area (Å²) in [5.41, 5.74) is 0. The Kier molecular flexibility index (Phi) is 2.93. The van der Waals surface area contributed by atoms with E-state index in [1.807, 2.05) is 4.90 Å². The molecule has 15 heavy (non-hydrogen) atoms. The Morgan fingerprint density at radius 3 is 3.07 bits per heavy atom. The summed E-state index contributed by atoms with van der Waals surface area (Å²) in [5, 5.41) is 0. The lowest BCUT2D eigenvalue weighted by molar-refractivity contribution is -0.129. The third-order valence-corrected chi connectivity index (χ3v) is 3.24. The Labute approximate surface area is 90.3 Å². The van der Waals surface area contributed by atoms with E-state index >= 15 is 0 Å². The van der Waals surface area contributed by atoms with E-state index in [2.05, 4.69) is 18.8 Å². The van der Waals surface area contributed by atoms with Crippen LogP contribution in [0.1, 0.15) is 26.7 Å². The Morgan fingerprint density at radius 2 is 2.47 bits per heavy atom. The highest BCUT2D eigenvalue weighted by Gasteiger charge is 2.36. The number of nitrogens with zero attached hydrogens (tertiary/aromatic N) is 2. The van der Waals surface area contributed by atoms with Gasteiger partial charge in [-0.1, -0.05) is 6.92 Å². The van der Waals surface area contributed by atoms with Crippen molar-refractivity contribution in [1.29, 1.82) is 0 Å². The molecule has 2 heterocycles. The molecule has 4 nitrogen and oxygen atoms in total. The molecule has 2 atom stereocenters. The molecule has 1 fully saturated rings. The molecule has 2 unspecified atom stereocenters. The minimum atomic E-state index is 0.203. The summed E-state index contributed by atoms with van der Waals surface area (Å²) in [5.74, 6) is 1.25. The normalized spacial score (nSPS) is 27.9. The summed E-state index contributed by atoms with van der Waals surface area (Å²) < 4.78 is 5.42. The summed E-state index contributed by atoms with van der Waals surface area (Å²) in [6.07, 6.45) is 1.58. The van der Waals surface area contributed by atoms with Crippen molar-refractivity contribution in [3.63, 3.8) is 0 Å². The third-order valence-electron chi connectivity index (χ3n) is 3.24. The number of carbonyl (C=O) groups excluding carboxylic acids is 1. The number of likely N-dealkylation sites (tertiary alicyclic amines) is 1. The molecule has 0 aromatic rings. The van der Waals surface area contributed by atoms with E-state index in [1.165, 1.54) is 0 Å². The average Bonchev–Trinajstić information content (AvgIpc) is 2.84. The highest BCUT2D eigenvalue weighted by Crippen LogP contribution is 2.24. The topological polar surface area (TPSA) is 41.9 Å². The fourth-order valence-corrected chi connectivity index (χ4v) is 2.14. The lowest BCUT2D eigenvalue weighted by Crippen LogP contribution is -2.34. The van der Waals surface area contributed by atoms with Crippen molar-refractivity contribution in [1.82, 2.24) is 4.90 Å². The van der Waals surface area contributed by atoms with Crippen LogP contribution in [0.5, 0.6) is 0 Å². The molecule has 1 saturated heterocycles. The molecule has 1 amide bonds. The Bertz CT molecular complexity index is 288. The molecule has 0 aliphatic carbocycles. The molecule has 0 aromatic heterocycles. The second kappa shape index (κ2) is 4.21. The maximum absolute atomic E-state index is 11.8. The van der Waals surface area contributed by atoms with E-state index in [9.17, 15) is 4.79 Å². The molecule has 0 spiro atoms. The van der Waals surface area contributed by atoms with Gasteiger partial charge in [-0.25, -0.2) is 0 Å². The molecular weight excluding hydrogens is 192 g/mol. The number of amides is 1. The van der Waals surface area contributed by atoms with Gasteiger partial charge in [0, 0.05) is 19.0 Å². The van der Waals surface area contributed by atoms with Gasteiger partial charge in [-0.05, 0) is 13.3 Å². The van der Waals surface area contributed by atoms with Gasteiger partial charge >= 0.3 is 0 Å². The van der Waals surface area contributed by atoms with E-state index in [-0.39, 0.29) is 11.8 Å². The van der Waals surface area contributed by atoms with Gasteiger partial charge in [0.1, 0.15) is 6.61 Å². The van der Waals surface area contributed by atoms with Crippen LogP contribution in [-0.2, 0) is 9.53 Å². The minimum Gasteiger partial charge on any atom is -0.479 e. The number of hydrogen-bond acceptors (Lipinski definition) is 3. The Morgan fingerprint density at radius 1 is 1.67 bits per heavy atom. The molecule has 0 saturated carbocycles. The molecular formula is C11H18N2O2. The molecule has 4 heteroatoms. The van der Waals surface area contributed by atoms with Crippen molar-refractivity contribution in [3.8, 4) is 0 Å². The predicted molar refractivity (Wildman–Crippen MR) is 57.8 cm³/mol. The van der Waals surface area contributed by atoms with Crippen LogP contribution < -0.4 is 0 Å². The molecule has 2 aliphatic heterocycles. The smallest absolute Gasteiger partial charge is 0.223 e. The van der Waals surface area contributed by atoms with Crippen LogP contribution in [-0.4, -0.2) is 42.4 Å². The lowest BCUT2D eigenvalue weighted by atomic mass is 10.1. The van der Waals surface area contributed by atoms with Crippen LogP contribution >= 0.6 is 0 Å². The van der Waals surface area contributed by atoms with Crippen molar-refractivity contribution < 1.29 is 9.53 Å². The standard InChI is InChI=1S/C11H18N2O2/c1-3-8(2)13-7-9(6-10(13)14)11-12-4-5-15-11/h8-9H,3-7H2,1-2H3. The SMILES string of the molecule is CCC(C)N1CC(C2=NCCO2)CC1=O. The predicted octanol–water partition coefficient (Wildman–Crippen LogP) is 1.06. The first-order valence-corrected chi connectivity index (χ1v) is 5.69. The van der Waals surface area contributed by atoms with Crippen molar-refractivity contribution in [2.24, 2.45) is 10.9 Å². The zero-order valence-corrected chi connectivity index (χ0v) is 9.40. The fourth-order valence-electron chi connectivity index (χ4n) is 2.14. The van der Waals surface area contributed by atoms with Crippen LogP contribution in [0.3, 0.4) is 0 Å². The highest BCUT2D eigenvalue weighted by molar-refractivity contribution is 5.89. The second-order valence-corrected chi connectivity index (χ2v) is 4.27. The van der Waals surface area contributed by atoms with E-state index in [4.69, 9.17) is 4.74 Å². The fraction of sp³-hybridized carbons (Fsp3) is 0.818. The summed E-state index contributed by atoms with van der Waals surface area (Å²) in [6, 6.07) is 0.338. The van der Waals surface area contributed by atoms with E-state index in [0.29, 0.717) is 19.1 Å². The maximum atomic E-state index is 11.8. The average molecular weight is 210 g/mol. The van der Waals surface area contributed by atoms with Crippen molar-refractivity contribution in [3.05, 3.63) is 0 Å². The summed E-state index contributed by atoms with van der Waals surface area (Å²) in [4.78, 5) is 18.0. The zero-order chi connectivity index (χ0) is 10.8. The summed E-state index contributed by atoms with van der Waals surface area (Å²) in [6.45, 7) is 6.42. The largest absolute Gasteiger partial charge is 0.479 e. The first kappa shape index (κ1) is 10.5. The number of aliphatic imine (C=N–C) groups is 1. The van der Waals surface area contributed by atoms with Crippen molar-refractivity contribution in [2.75, 3.05) is 19.7 Å². The number of hydrogen-bond donors (Lipinski definition) is 0. The third kappa shape index (κ3) is 1.98. The molecule has 2 rings (SSSR count). The van der Waals surface area contributed by atoms with Crippen LogP contribution in [0.2, 0.25) is 0 Å². The van der Waals surface area contributed by atoms with Crippen LogP contribution in [0.4, 0.5) is 0 Å².